The molecule has 1 fully saturated rings. The monoisotopic (exact) mass is 512 g/mol. The topological polar surface area (TPSA) is 66.5 Å². The normalized spacial score (nSPS) is 15.3. The van der Waals surface area contributed by atoms with Gasteiger partial charge in [-0.15, -0.1) is 0 Å². The van der Waals surface area contributed by atoms with Crippen LogP contribution in [0.5, 0.6) is 0 Å². The van der Waals surface area contributed by atoms with E-state index in [0.29, 0.717) is 33.8 Å². The van der Waals surface area contributed by atoms with Crippen molar-refractivity contribution in [2.24, 2.45) is 0 Å². The van der Waals surface area contributed by atoms with Crippen molar-refractivity contribution >= 4 is 57.1 Å². The molecule has 0 radical (unpaired) electrons. The lowest BCUT2D eigenvalue weighted by molar-refractivity contribution is -0.122. The Labute approximate surface area is 196 Å². The zero-order valence-electron chi connectivity index (χ0n) is 16.4. The Kier molecular flexibility index (Phi) is 6.21. The highest BCUT2D eigenvalue weighted by Crippen LogP contribution is 2.26. The molecule has 1 aliphatic heterocycles. The molecular formula is C24H15BrClFN2O3. The van der Waals surface area contributed by atoms with Crippen LogP contribution in [0, 0.1) is 5.82 Å². The molecule has 0 saturated carbocycles. The number of benzene rings is 3. The maximum absolute atomic E-state index is 13.9. The summed E-state index contributed by atoms with van der Waals surface area (Å²) in [7, 11) is 0. The van der Waals surface area contributed by atoms with Crippen LogP contribution in [0.15, 0.2) is 76.8 Å². The van der Waals surface area contributed by atoms with Crippen molar-refractivity contribution < 1.29 is 18.8 Å². The van der Waals surface area contributed by atoms with Gasteiger partial charge in [0.1, 0.15) is 11.4 Å². The number of hydrogen-bond donors (Lipinski definition) is 1. The van der Waals surface area contributed by atoms with E-state index in [1.54, 1.807) is 60.7 Å². The van der Waals surface area contributed by atoms with E-state index in [9.17, 15) is 18.8 Å². The van der Waals surface area contributed by atoms with Crippen LogP contribution >= 0.6 is 27.5 Å². The Morgan fingerprint density at radius 3 is 2.38 bits per heavy atom. The van der Waals surface area contributed by atoms with Crippen LogP contribution < -0.4 is 10.2 Å². The van der Waals surface area contributed by atoms with Gasteiger partial charge in [-0.3, -0.25) is 14.9 Å². The van der Waals surface area contributed by atoms with Gasteiger partial charge in [-0.25, -0.2) is 14.1 Å². The summed E-state index contributed by atoms with van der Waals surface area (Å²) in [4.78, 5) is 38.5. The Hall–Kier alpha value is -3.29. The molecule has 3 aromatic rings. The number of rotatable bonds is 4. The quantitative estimate of drug-likeness (QED) is 0.370. The summed E-state index contributed by atoms with van der Waals surface area (Å²) >= 11 is 9.68. The van der Waals surface area contributed by atoms with E-state index in [0.717, 1.165) is 9.37 Å². The fraction of sp³-hybridized carbons (Fsp3) is 0.0417. The molecule has 0 atom stereocenters. The van der Waals surface area contributed by atoms with Gasteiger partial charge in [-0.1, -0.05) is 57.9 Å². The lowest BCUT2D eigenvalue weighted by Crippen LogP contribution is -2.54. The first kappa shape index (κ1) is 21.9. The average Bonchev–Trinajstić information content (AvgIpc) is 2.75. The molecule has 0 aromatic heterocycles. The van der Waals surface area contributed by atoms with Crippen LogP contribution in [0.4, 0.5) is 14.9 Å². The van der Waals surface area contributed by atoms with Gasteiger partial charge in [-0.05, 0) is 59.2 Å². The van der Waals surface area contributed by atoms with E-state index in [1.165, 1.54) is 12.1 Å². The summed E-state index contributed by atoms with van der Waals surface area (Å²) in [5.74, 6) is -1.86. The van der Waals surface area contributed by atoms with Gasteiger partial charge < -0.3 is 0 Å². The largest absolute Gasteiger partial charge is 0.335 e. The molecule has 0 aliphatic carbocycles. The molecule has 1 N–H and O–H groups in total. The Morgan fingerprint density at radius 2 is 1.69 bits per heavy atom. The number of amides is 4. The number of anilines is 1. The van der Waals surface area contributed by atoms with Crippen LogP contribution in [0.3, 0.4) is 0 Å². The SMILES string of the molecule is O=C1NC(=O)N(c2ccc(Br)cc2)C(=O)/C1=C/c1ccc(Cc2ccccc2F)c(Cl)c1. The third-order valence-corrected chi connectivity index (χ3v) is 5.79. The van der Waals surface area contributed by atoms with Gasteiger partial charge >= 0.3 is 6.03 Å². The lowest BCUT2D eigenvalue weighted by atomic mass is 10.0. The summed E-state index contributed by atoms with van der Waals surface area (Å²) in [5.41, 5.74) is 1.82. The number of carbonyl (C=O) groups is 3. The Balaban J connectivity index is 1.63. The van der Waals surface area contributed by atoms with E-state index >= 15 is 0 Å². The first-order chi connectivity index (χ1) is 15.3. The van der Waals surface area contributed by atoms with Gasteiger partial charge in [0.05, 0.1) is 5.69 Å². The summed E-state index contributed by atoms with van der Waals surface area (Å²) in [6.45, 7) is 0. The number of halogens is 3. The predicted octanol–water partition coefficient (Wildman–Crippen LogP) is 5.50. The third-order valence-electron chi connectivity index (χ3n) is 4.91. The summed E-state index contributed by atoms with van der Waals surface area (Å²) in [6, 6.07) is 17.1. The highest BCUT2D eigenvalue weighted by atomic mass is 79.9. The number of nitrogens with zero attached hydrogens (tertiary/aromatic N) is 1. The van der Waals surface area contributed by atoms with Crippen molar-refractivity contribution in [3.05, 3.63) is 104 Å². The fourth-order valence-corrected chi connectivity index (χ4v) is 3.81. The number of barbiturate groups is 1. The zero-order chi connectivity index (χ0) is 22.8. The maximum Gasteiger partial charge on any atom is 0.335 e. The summed E-state index contributed by atoms with van der Waals surface area (Å²) < 4.78 is 14.7. The molecule has 4 rings (SSSR count). The minimum absolute atomic E-state index is 0.203. The van der Waals surface area contributed by atoms with E-state index in [4.69, 9.17) is 11.6 Å². The number of carbonyl (C=O) groups excluding carboxylic acids is 3. The molecule has 1 saturated heterocycles. The van der Waals surface area contributed by atoms with Crippen molar-refractivity contribution in [1.29, 1.82) is 0 Å². The van der Waals surface area contributed by atoms with Gasteiger partial charge in [-0.2, -0.15) is 0 Å². The van der Waals surface area contributed by atoms with Crippen LogP contribution in [0.2, 0.25) is 5.02 Å². The third kappa shape index (κ3) is 4.49. The van der Waals surface area contributed by atoms with E-state index in [-0.39, 0.29) is 11.4 Å². The summed E-state index contributed by atoms with van der Waals surface area (Å²) in [6.07, 6.45) is 1.67. The standard InChI is InChI=1S/C24H15BrClFN2O3/c25-17-7-9-18(10-8-17)29-23(31)19(22(30)28-24(29)32)11-14-5-6-15(20(26)12-14)13-16-3-1-2-4-21(16)27/h1-12H,13H2,(H,28,30,32)/b19-11+. The molecule has 1 aliphatic rings. The van der Waals surface area contributed by atoms with Crippen LogP contribution in [0.1, 0.15) is 16.7 Å². The minimum atomic E-state index is -0.822. The average molecular weight is 514 g/mol. The smallest absolute Gasteiger partial charge is 0.273 e. The van der Waals surface area contributed by atoms with Crippen molar-refractivity contribution in [3.63, 3.8) is 0 Å². The minimum Gasteiger partial charge on any atom is -0.273 e. The second kappa shape index (κ2) is 9.06. The molecule has 5 nitrogen and oxygen atoms in total. The van der Waals surface area contributed by atoms with E-state index in [2.05, 4.69) is 21.2 Å². The maximum atomic E-state index is 13.9. The molecule has 0 unspecified atom stereocenters. The van der Waals surface area contributed by atoms with Crippen molar-refractivity contribution in [1.82, 2.24) is 5.32 Å². The molecule has 0 bridgehead atoms. The fourth-order valence-electron chi connectivity index (χ4n) is 3.29. The molecule has 32 heavy (non-hydrogen) atoms. The predicted molar refractivity (Wildman–Crippen MR) is 124 cm³/mol. The van der Waals surface area contributed by atoms with Gasteiger partial charge in [0.15, 0.2) is 0 Å². The van der Waals surface area contributed by atoms with Gasteiger partial charge in [0.25, 0.3) is 11.8 Å². The number of hydrogen-bond acceptors (Lipinski definition) is 3. The molecular weight excluding hydrogens is 499 g/mol. The van der Waals surface area contributed by atoms with Crippen molar-refractivity contribution in [2.75, 3.05) is 4.90 Å². The second-order valence-electron chi connectivity index (χ2n) is 7.05. The van der Waals surface area contributed by atoms with Crippen molar-refractivity contribution in [3.8, 4) is 0 Å². The Morgan fingerprint density at radius 1 is 0.969 bits per heavy atom. The van der Waals surface area contributed by atoms with Crippen LogP contribution in [-0.2, 0) is 16.0 Å². The van der Waals surface area contributed by atoms with E-state index in [1.807, 2.05) is 0 Å². The van der Waals surface area contributed by atoms with Crippen molar-refractivity contribution in [2.45, 2.75) is 6.42 Å². The molecule has 8 heteroatoms. The molecule has 3 aromatic carbocycles. The highest BCUT2D eigenvalue weighted by molar-refractivity contribution is 9.10. The first-order valence-corrected chi connectivity index (χ1v) is 10.7. The second-order valence-corrected chi connectivity index (χ2v) is 8.38. The molecule has 0 spiro atoms. The number of imide groups is 2. The summed E-state index contributed by atoms with van der Waals surface area (Å²) in [5, 5.41) is 2.55. The van der Waals surface area contributed by atoms with E-state index < -0.39 is 17.8 Å². The lowest BCUT2D eigenvalue weighted by Gasteiger charge is -2.26. The van der Waals surface area contributed by atoms with Crippen LogP contribution in [0.25, 0.3) is 6.08 Å². The first-order valence-electron chi connectivity index (χ1n) is 9.52. The molecule has 1 heterocycles. The zero-order valence-corrected chi connectivity index (χ0v) is 18.8. The number of urea groups is 1. The van der Waals surface area contributed by atoms with Crippen LogP contribution in [-0.4, -0.2) is 17.8 Å². The molecule has 160 valence electrons. The Bertz CT molecular complexity index is 1270. The van der Waals surface area contributed by atoms with Gasteiger partial charge in [0, 0.05) is 15.9 Å². The van der Waals surface area contributed by atoms with Gasteiger partial charge in [0.2, 0.25) is 0 Å². The number of nitrogens with one attached hydrogen (secondary N) is 1. The highest BCUT2D eigenvalue weighted by Gasteiger charge is 2.36. The molecule has 4 amide bonds.